The lowest BCUT2D eigenvalue weighted by atomic mass is 9.94. The van der Waals surface area contributed by atoms with E-state index in [0.29, 0.717) is 52.9 Å². The van der Waals surface area contributed by atoms with E-state index >= 15 is 0 Å². The molecule has 4 rings (SSSR count). The van der Waals surface area contributed by atoms with Gasteiger partial charge in [0.2, 0.25) is 10.0 Å². The van der Waals surface area contributed by atoms with Gasteiger partial charge in [0.15, 0.2) is 5.76 Å². The van der Waals surface area contributed by atoms with Crippen molar-refractivity contribution in [1.82, 2.24) is 4.31 Å². The van der Waals surface area contributed by atoms with Crippen LogP contribution < -0.4 is 10.1 Å². The van der Waals surface area contributed by atoms with Crippen molar-refractivity contribution in [2.24, 2.45) is 11.8 Å². The van der Waals surface area contributed by atoms with Gasteiger partial charge >= 0.3 is 0 Å². The van der Waals surface area contributed by atoms with Gasteiger partial charge in [-0.3, -0.25) is 4.79 Å². The van der Waals surface area contributed by atoms with Crippen LogP contribution in [0.3, 0.4) is 0 Å². The maximum atomic E-state index is 13.3. The zero-order valence-corrected chi connectivity index (χ0v) is 19.5. The van der Waals surface area contributed by atoms with Crippen molar-refractivity contribution < 1.29 is 22.4 Å². The third-order valence-corrected chi connectivity index (χ3v) is 7.76. The number of anilines is 1. The second-order valence-corrected chi connectivity index (χ2v) is 10.6. The van der Waals surface area contributed by atoms with E-state index in [1.54, 1.807) is 60.8 Å². The van der Waals surface area contributed by atoms with Crippen molar-refractivity contribution in [1.29, 1.82) is 0 Å². The van der Waals surface area contributed by atoms with Crippen LogP contribution in [0.15, 0.2) is 51.8 Å². The van der Waals surface area contributed by atoms with Crippen LogP contribution in [-0.4, -0.2) is 38.8 Å². The first-order valence-corrected chi connectivity index (χ1v) is 12.1. The molecule has 1 amide bonds. The van der Waals surface area contributed by atoms with Gasteiger partial charge in [-0.05, 0) is 67.6 Å². The molecule has 2 aromatic carbocycles. The van der Waals surface area contributed by atoms with E-state index in [1.807, 2.05) is 0 Å². The highest BCUT2D eigenvalue weighted by Gasteiger charge is 2.32. The number of benzene rings is 2. The Bertz CT molecular complexity index is 1240. The quantitative estimate of drug-likeness (QED) is 0.603. The highest BCUT2D eigenvalue weighted by molar-refractivity contribution is 7.89. The monoisotopic (exact) mass is 456 g/mol. The summed E-state index contributed by atoms with van der Waals surface area (Å²) < 4.78 is 39.0. The first kappa shape index (κ1) is 22.4. The molecule has 3 aromatic rings. The van der Waals surface area contributed by atoms with Gasteiger partial charge < -0.3 is 14.5 Å². The fourth-order valence-electron chi connectivity index (χ4n) is 4.39. The summed E-state index contributed by atoms with van der Waals surface area (Å²) in [5, 5.41) is 3.42. The average molecular weight is 457 g/mol. The Morgan fingerprint density at radius 3 is 2.38 bits per heavy atom. The van der Waals surface area contributed by atoms with Crippen LogP contribution in [0.25, 0.3) is 11.0 Å². The number of rotatable bonds is 5. The smallest absolute Gasteiger partial charge is 0.291 e. The van der Waals surface area contributed by atoms with Gasteiger partial charge in [0.1, 0.15) is 11.3 Å². The lowest BCUT2D eigenvalue weighted by Crippen LogP contribution is -2.42. The lowest BCUT2D eigenvalue weighted by Gasteiger charge is -2.34. The summed E-state index contributed by atoms with van der Waals surface area (Å²) in [6.45, 7) is 6.95. The number of amides is 1. The molecule has 1 saturated heterocycles. The van der Waals surface area contributed by atoms with Crippen molar-refractivity contribution in [2.75, 3.05) is 25.5 Å². The second-order valence-electron chi connectivity index (χ2n) is 8.66. The number of ether oxygens (including phenoxy) is 1. The number of carbonyl (C=O) groups is 1. The Morgan fingerprint density at radius 1 is 1.09 bits per heavy atom. The minimum Gasteiger partial charge on any atom is -0.497 e. The maximum Gasteiger partial charge on any atom is 0.291 e. The zero-order valence-electron chi connectivity index (χ0n) is 18.7. The molecule has 0 bridgehead atoms. The summed E-state index contributed by atoms with van der Waals surface area (Å²) in [5.41, 5.74) is 1.68. The number of furan rings is 1. The molecule has 2 heterocycles. The summed E-state index contributed by atoms with van der Waals surface area (Å²) >= 11 is 0. The number of aryl methyl sites for hydroxylation is 1. The summed E-state index contributed by atoms with van der Waals surface area (Å²) in [7, 11) is -2.05. The highest BCUT2D eigenvalue weighted by Crippen LogP contribution is 2.31. The van der Waals surface area contributed by atoms with Gasteiger partial charge in [0, 0.05) is 29.7 Å². The molecule has 1 aliphatic heterocycles. The third kappa shape index (κ3) is 4.25. The minimum absolute atomic E-state index is 0.158. The van der Waals surface area contributed by atoms with Crippen LogP contribution >= 0.6 is 0 Å². The van der Waals surface area contributed by atoms with E-state index in [2.05, 4.69) is 19.2 Å². The van der Waals surface area contributed by atoms with Crippen LogP contribution in [0, 0.1) is 18.8 Å². The van der Waals surface area contributed by atoms with E-state index in [0.717, 1.165) is 6.42 Å². The van der Waals surface area contributed by atoms with Gasteiger partial charge in [-0.2, -0.15) is 4.31 Å². The normalized spacial score (nSPS) is 19.8. The largest absolute Gasteiger partial charge is 0.497 e. The van der Waals surface area contributed by atoms with Crippen molar-refractivity contribution >= 4 is 32.6 Å². The Labute approximate surface area is 188 Å². The van der Waals surface area contributed by atoms with Gasteiger partial charge in [-0.25, -0.2) is 8.42 Å². The summed E-state index contributed by atoms with van der Waals surface area (Å²) in [6, 6.07) is 11.8. The summed E-state index contributed by atoms with van der Waals surface area (Å²) in [4.78, 5) is 13.0. The molecule has 2 atom stereocenters. The molecule has 8 heteroatoms. The first-order valence-electron chi connectivity index (χ1n) is 10.7. The third-order valence-electron chi connectivity index (χ3n) is 5.93. The number of nitrogens with one attached hydrogen (secondary N) is 1. The molecule has 0 saturated carbocycles. The lowest BCUT2D eigenvalue weighted by molar-refractivity contribution is 0.0998. The van der Waals surface area contributed by atoms with Crippen LogP contribution in [0.5, 0.6) is 5.75 Å². The van der Waals surface area contributed by atoms with Crippen molar-refractivity contribution in [3.63, 3.8) is 0 Å². The summed E-state index contributed by atoms with van der Waals surface area (Å²) in [6.07, 6.45) is 1.03. The topological polar surface area (TPSA) is 88.8 Å². The van der Waals surface area contributed by atoms with Gasteiger partial charge in [-0.1, -0.05) is 13.8 Å². The predicted octanol–water partition coefficient (Wildman–Crippen LogP) is 4.67. The van der Waals surface area contributed by atoms with Crippen molar-refractivity contribution in [3.8, 4) is 5.75 Å². The number of piperidine rings is 1. The SMILES string of the molecule is COc1ccc(NC(=O)c2oc3ccc(S(=O)(=O)N4CC(C)CC(C)C4)cc3c2C)cc1. The van der Waals surface area contributed by atoms with Gasteiger partial charge in [0.25, 0.3) is 5.91 Å². The molecular weight excluding hydrogens is 428 g/mol. The fraction of sp³-hybridized carbons (Fsp3) is 0.375. The molecule has 1 aliphatic rings. The molecule has 1 aromatic heterocycles. The number of hydrogen-bond donors (Lipinski definition) is 1. The van der Waals surface area contributed by atoms with E-state index in [4.69, 9.17) is 9.15 Å². The van der Waals surface area contributed by atoms with Crippen molar-refractivity contribution in [2.45, 2.75) is 32.1 Å². The number of carbonyl (C=O) groups excluding carboxylic acids is 1. The zero-order chi connectivity index (χ0) is 23.0. The molecule has 0 aliphatic carbocycles. The van der Waals surface area contributed by atoms with E-state index in [-0.39, 0.29) is 10.7 Å². The Balaban J connectivity index is 1.62. The number of nitrogens with zero attached hydrogens (tertiary/aromatic N) is 1. The second kappa shape index (κ2) is 8.60. The molecule has 32 heavy (non-hydrogen) atoms. The fourth-order valence-corrected chi connectivity index (χ4v) is 6.10. The van der Waals surface area contributed by atoms with Gasteiger partial charge in [0.05, 0.1) is 12.0 Å². The molecule has 7 nitrogen and oxygen atoms in total. The average Bonchev–Trinajstić information content (AvgIpc) is 3.09. The van der Waals surface area contributed by atoms with Crippen LogP contribution in [0.1, 0.15) is 36.4 Å². The predicted molar refractivity (Wildman–Crippen MR) is 124 cm³/mol. The maximum absolute atomic E-state index is 13.3. The van der Waals surface area contributed by atoms with E-state index < -0.39 is 15.9 Å². The van der Waals surface area contributed by atoms with Crippen LogP contribution in [0.4, 0.5) is 5.69 Å². The number of methoxy groups -OCH3 is 1. The molecule has 1 fully saturated rings. The molecule has 1 N–H and O–H groups in total. The molecular formula is C24H28N2O5S. The Kier molecular flexibility index (Phi) is 6.01. The number of hydrogen-bond acceptors (Lipinski definition) is 5. The van der Waals surface area contributed by atoms with Crippen LogP contribution in [-0.2, 0) is 10.0 Å². The van der Waals surface area contributed by atoms with Gasteiger partial charge in [-0.15, -0.1) is 0 Å². The van der Waals surface area contributed by atoms with Crippen molar-refractivity contribution in [3.05, 3.63) is 53.8 Å². The van der Waals surface area contributed by atoms with Crippen LogP contribution in [0.2, 0.25) is 0 Å². The Morgan fingerprint density at radius 2 is 1.75 bits per heavy atom. The minimum atomic E-state index is -3.62. The number of sulfonamides is 1. The van der Waals surface area contributed by atoms with E-state index in [1.165, 1.54) is 0 Å². The molecule has 2 unspecified atom stereocenters. The molecule has 0 radical (unpaired) electrons. The molecule has 170 valence electrons. The molecule has 0 spiro atoms. The summed E-state index contributed by atoms with van der Waals surface area (Å²) in [5.74, 6) is 1.09. The van der Waals surface area contributed by atoms with E-state index in [9.17, 15) is 13.2 Å². The highest BCUT2D eigenvalue weighted by atomic mass is 32.2. The standard InChI is InChI=1S/C24H28N2O5S/c1-15-11-16(2)14-26(13-15)32(28,29)20-9-10-22-21(12-20)17(3)23(31-22)24(27)25-18-5-7-19(30-4)8-6-18/h5-10,12,15-16H,11,13-14H2,1-4H3,(H,25,27). The first-order chi connectivity index (χ1) is 15.2. The Hall–Kier alpha value is -2.84. The number of fused-ring (bicyclic) bond motifs is 1.